The van der Waals surface area contributed by atoms with Crippen LogP contribution >= 0.6 is 0 Å². The number of hydrogen-bond acceptors (Lipinski definition) is 5. The second-order valence-corrected chi connectivity index (χ2v) is 7.97. The highest BCUT2D eigenvalue weighted by molar-refractivity contribution is 5.76. The van der Waals surface area contributed by atoms with Crippen molar-refractivity contribution in [3.63, 3.8) is 0 Å². The number of likely N-dealkylation sites (tertiary alicyclic amines) is 1. The molecule has 1 amide bonds. The van der Waals surface area contributed by atoms with E-state index < -0.39 is 5.60 Å². The van der Waals surface area contributed by atoms with Gasteiger partial charge in [-0.05, 0) is 31.9 Å². The Balaban J connectivity index is 1.39. The van der Waals surface area contributed by atoms with Crippen LogP contribution in [0.2, 0.25) is 0 Å². The van der Waals surface area contributed by atoms with Gasteiger partial charge in [-0.15, -0.1) is 0 Å². The summed E-state index contributed by atoms with van der Waals surface area (Å²) in [5, 5.41) is 15.5. The highest BCUT2D eigenvalue weighted by Gasteiger charge is 2.35. The second kappa shape index (κ2) is 7.47. The quantitative estimate of drug-likeness (QED) is 0.690. The molecule has 0 aliphatic carbocycles. The van der Waals surface area contributed by atoms with Gasteiger partial charge in [0, 0.05) is 45.0 Å². The van der Waals surface area contributed by atoms with Crippen LogP contribution in [-0.2, 0) is 18.4 Å². The normalized spacial score (nSPS) is 17.6. The zero-order valence-corrected chi connectivity index (χ0v) is 16.7. The molecule has 0 bridgehead atoms. The summed E-state index contributed by atoms with van der Waals surface area (Å²) in [4.78, 5) is 31.4. The maximum absolute atomic E-state index is 12.7. The maximum atomic E-state index is 12.7. The second-order valence-electron chi connectivity index (χ2n) is 7.97. The van der Waals surface area contributed by atoms with Crippen LogP contribution < -0.4 is 5.56 Å². The van der Waals surface area contributed by atoms with Gasteiger partial charge in [-0.25, -0.2) is 4.98 Å². The zero-order valence-electron chi connectivity index (χ0n) is 16.7. The lowest BCUT2D eigenvalue weighted by molar-refractivity contribution is -0.136. The van der Waals surface area contributed by atoms with E-state index in [1.165, 1.54) is 17.1 Å². The molecule has 1 N–H and O–H groups in total. The van der Waals surface area contributed by atoms with E-state index in [0.717, 1.165) is 0 Å². The van der Waals surface area contributed by atoms with Crippen LogP contribution in [0.15, 0.2) is 41.8 Å². The highest BCUT2D eigenvalue weighted by Crippen LogP contribution is 2.25. The van der Waals surface area contributed by atoms with Crippen LogP contribution in [0.5, 0.6) is 0 Å². The number of aliphatic hydroxyl groups is 1. The molecule has 3 aromatic heterocycles. The van der Waals surface area contributed by atoms with E-state index in [2.05, 4.69) is 10.1 Å². The van der Waals surface area contributed by atoms with Crippen molar-refractivity contribution in [2.24, 2.45) is 7.05 Å². The summed E-state index contributed by atoms with van der Waals surface area (Å²) in [5.41, 5.74) is -0.726. The number of hydrogen-bond donors (Lipinski definition) is 1. The van der Waals surface area contributed by atoms with Crippen molar-refractivity contribution >= 4 is 16.9 Å². The van der Waals surface area contributed by atoms with Gasteiger partial charge in [-0.3, -0.25) is 18.8 Å². The van der Waals surface area contributed by atoms with Gasteiger partial charge in [-0.2, -0.15) is 5.10 Å². The molecule has 0 saturated carbocycles. The fraction of sp³-hybridized carbons (Fsp3) is 0.500. The van der Waals surface area contributed by atoms with Crippen LogP contribution in [0.3, 0.4) is 0 Å². The summed E-state index contributed by atoms with van der Waals surface area (Å²) < 4.78 is 5.01. The van der Waals surface area contributed by atoms with Crippen molar-refractivity contribution in [1.82, 2.24) is 28.8 Å². The molecular weight excluding hydrogens is 372 g/mol. The Morgan fingerprint density at radius 2 is 1.97 bits per heavy atom. The number of aryl methyl sites for hydroxylation is 1. The van der Waals surface area contributed by atoms with E-state index >= 15 is 0 Å². The van der Waals surface area contributed by atoms with Gasteiger partial charge in [0.1, 0.15) is 11.7 Å². The van der Waals surface area contributed by atoms with Crippen molar-refractivity contribution in [2.75, 3.05) is 13.1 Å². The first-order chi connectivity index (χ1) is 13.9. The molecule has 1 aliphatic rings. The Bertz CT molecular complexity index is 1060. The van der Waals surface area contributed by atoms with Crippen molar-refractivity contribution in [1.29, 1.82) is 0 Å². The number of carbonyl (C=O) groups excluding carboxylic acids is 1. The first-order valence-corrected chi connectivity index (χ1v) is 9.86. The molecule has 0 radical (unpaired) electrons. The molecule has 3 aromatic rings. The minimum Gasteiger partial charge on any atom is -0.388 e. The van der Waals surface area contributed by atoms with Gasteiger partial charge in [0.05, 0.1) is 18.3 Å². The van der Waals surface area contributed by atoms with E-state index in [9.17, 15) is 14.7 Å². The van der Waals surface area contributed by atoms with Gasteiger partial charge in [0.2, 0.25) is 5.91 Å². The molecule has 4 heterocycles. The largest absolute Gasteiger partial charge is 0.388 e. The van der Waals surface area contributed by atoms with Crippen LogP contribution in [0.25, 0.3) is 11.0 Å². The molecule has 154 valence electrons. The summed E-state index contributed by atoms with van der Waals surface area (Å²) in [6.45, 7) is 3.13. The van der Waals surface area contributed by atoms with Crippen LogP contribution in [-0.4, -0.2) is 58.5 Å². The number of piperidine rings is 1. The van der Waals surface area contributed by atoms with Gasteiger partial charge in [-0.1, -0.05) is 0 Å². The Morgan fingerprint density at radius 1 is 1.28 bits per heavy atom. The Labute approximate surface area is 168 Å². The summed E-state index contributed by atoms with van der Waals surface area (Å²) in [7, 11) is 1.73. The predicted molar refractivity (Wildman–Crippen MR) is 107 cm³/mol. The Kier molecular flexibility index (Phi) is 4.99. The molecule has 29 heavy (non-hydrogen) atoms. The minimum atomic E-state index is -1.04. The van der Waals surface area contributed by atoms with Crippen molar-refractivity contribution in [3.05, 3.63) is 47.4 Å². The van der Waals surface area contributed by atoms with E-state index in [0.29, 0.717) is 43.4 Å². The smallest absolute Gasteiger partial charge is 0.264 e. The molecule has 4 rings (SSSR count). The van der Waals surface area contributed by atoms with Crippen LogP contribution in [0, 0.1) is 0 Å². The van der Waals surface area contributed by atoms with E-state index in [4.69, 9.17) is 0 Å². The lowest BCUT2D eigenvalue weighted by Gasteiger charge is -2.38. The minimum absolute atomic E-state index is 0.0869. The predicted octanol–water partition coefficient (Wildman–Crippen LogP) is 0.936. The monoisotopic (exact) mass is 398 g/mol. The zero-order chi connectivity index (χ0) is 20.6. The Hall–Kier alpha value is -2.94. The molecule has 1 atom stereocenters. The molecule has 0 spiro atoms. The molecule has 0 aromatic carbocycles. The average molecular weight is 398 g/mol. The standard InChI is InChI=1S/C20H26N6O3/c1-15(24-7-3-4-8-24)11-17(27)25-9-5-20(29,6-10-25)13-26-14-21-18-16(19(26)28)12-22-23(18)2/h3-4,7-8,12,14-15,29H,5-6,9-11,13H2,1-2H3. The fourth-order valence-corrected chi connectivity index (χ4v) is 3.96. The molecule has 9 heteroatoms. The van der Waals surface area contributed by atoms with E-state index in [-0.39, 0.29) is 24.1 Å². The van der Waals surface area contributed by atoms with E-state index in [1.54, 1.807) is 16.6 Å². The molecular formula is C20H26N6O3. The third-order valence-electron chi connectivity index (χ3n) is 5.84. The molecule has 1 unspecified atom stereocenters. The third-order valence-corrected chi connectivity index (χ3v) is 5.84. The van der Waals surface area contributed by atoms with Crippen molar-refractivity contribution in [3.8, 4) is 0 Å². The molecule has 1 saturated heterocycles. The maximum Gasteiger partial charge on any atom is 0.264 e. The van der Waals surface area contributed by atoms with Crippen molar-refractivity contribution in [2.45, 2.75) is 44.4 Å². The van der Waals surface area contributed by atoms with Gasteiger partial charge >= 0.3 is 0 Å². The van der Waals surface area contributed by atoms with Crippen LogP contribution in [0.4, 0.5) is 0 Å². The van der Waals surface area contributed by atoms with E-state index in [1.807, 2.05) is 36.0 Å². The first kappa shape index (κ1) is 19.4. The first-order valence-electron chi connectivity index (χ1n) is 9.86. The fourth-order valence-electron chi connectivity index (χ4n) is 3.96. The molecule has 1 fully saturated rings. The third kappa shape index (κ3) is 3.82. The summed E-state index contributed by atoms with van der Waals surface area (Å²) >= 11 is 0. The number of nitrogens with zero attached hydrogens (tertiary/aromatic N) is 6. The molecule has 9 nitrogen and oxygen atoms in total. The van der Waals surface area contributed by atoms with Crippen LogP contribution in [0.1, 0.15) is 32.2 Å². The van der Waals surface area contributed by atoms with Crippen molar-refractivity contribution < 1.29 is 9.90 Å². The summed E-state index contributed by atoms with van der Waals surface area (Å²) in [5.74, 6) is 0.0869. The lowest BCUT2D eigenvalue weighted by atomic mass is 9.91. The topological polar surface area (TPSA) is 98.2 Å². The Morgan fingerprint density at radius 3 is 2.66 bits per heavy atom. The average Bonchev–Trinajstić information content (AvgIpc) is 3.35. The lowest BCUT2D eigenvalue weighted by Crippen LogP contribution is -2.49. The molecule has 1 aliphatic heterocycles. The SMILES string of the molecule is CC(CC(=O)N1CCC(O)(Cn2cnc3c(cnn3C)c2=O)CC1)n1cccc1. The highest BCUT2D eigenvalue weighted by atomic mass is 16.3. The number of fused-ring (bicyclic) bond motifs is 1. The number of rotatable bonds is 5. The number of aromatic nitrogens is 5. The van der Waals surface area contributed by atoms with Gasteiger partial charge in [0.25, 0.3) is 5.56 Å². The van der Waals surface area contributed by atoms with Gasteiger partial charge < -0.3 is 14.6 Å². The summed E-state index contributed by atoms with van der Waals surface area (Å²) in [6.07, 6.45) is 8.14. The number of carbonyl (C=O) groups is 1. The summed E-state index contributed by atoms with van der Waals surface area (Å²) in [6, 6.07) is 3.98. The van der Waals surface area contributed by atoms with Gasteiger partial charge in [0.15, 0.2) is 5.65 Å². The number of amides is 1.